The first-order valence-corrected chi connectivity index (χ1v) is 7.39. The molecule has 1 atom stereocenters. The van der Waals surface area contributed by atoms with E-state index in [1.807, 2.05) is 0 Å². The van der Waals surface area contributed by atoms with Gasteiger partial charge >= 0.3 is 0 Å². The number of carbonyl (C=O) groups excluding carboxylic acids is 1. The van der Waals surface area contributed by atoms with Crippen LogP contribution in [0, 0.1) is 11.2 Å². The third-order valence-corrected chi connectivity index (χ3v) is 4.25. The van der Waals surface area contributed by atoms with Crippen LogP contribution >= 0.6 is 11.6 Å². The highest BCUT2D eigenvalue weighted by atomic mass is 35.5. The van der Waals surface area contributed by atoms with E-state index < -0.39 is 5.82 Å². The Morgan fingerprint density at radius 2 is 2.18 bits per heavy atom. The quantitative estimate of drug-likeness (QED) is 0.820. The number of H-pyrrole nitrogens is 1. The Bertz CT molecular complexity index is 691. The average molecular weight is 327 g/mol. The van der Waals surface area contributed by atoms with Gasteiger partial charge in [-0.25, -0.2) is 4.39 Å². The number of fused-ring (bicyclic) bond motifs is 1. The molecule has 0 aliphatic carbocycles. The van der Waals surface area contributed by atoms with Crippen LogP contribution in [0.4, 0.5) is 4.39 Å². The summed E-state index contributed by atoms with van der Waals surface area (Å²) < 4.78 is 19.5. The molecule has 1 heterocycles. The maximum Gasteiger partial charge on any atom is 0.207 e. The van der Waals surface area contributed by atoms with Gasteiger partial charge in [-0.05, 0) is 17.0 Å². The van der Waals surface area contributed by atoms with E-state index in [-0.39, 0.29) is 16.4 Å². The molecule has 1 aromatic carbocycles. The Hall–Kier alpha value is -1.75. The van der Waals surface area contributed by atoms with E-state index in [1.165, 1.54) is 7.11 Å². The SMILES string of the molecule is COc1cc2c(C(CNC=O)C(C)(C)C)c[nH]c2c(F)c1Cl. The Labute approximate surface area is 134 Å². The third-order valence-electron chi connectivity index (χ3n) is 3.90. The van der Waals surface area contributed by atoms with Crippen molar-refractivity contribution in [3.63, 3.8) is 0 Å². The summed E-state index contributed by atoms with van der Waals surface area (Å²) in [7, 11) is 1.45. The Kier molecular flexibility index (Phi) is 4.66. The van der Waals surface area contributed by atoms with Gasteiger partial charge in [-0.1, -0.05) is 32.4 Å². The average Bonchev–Trinajstić information content (AvgIpc) is 2.85. The zero-order chi connectivity index (χ0) is 16.5. The number of methoxy groups -OCH3 is 1. The summed E-state index contributed by atoms with van der Waals surface area (Å²) in [6.45, 7) is 6.69. The second-order valence-corrected chi connectivity index (χ2v) is 6.70. The van der Waals surface area contributed by atoms with Crippen molar-refractivity contribution < 1.29 is 13.9 Å². The van der Waals surface area contributed by atoms with Crippen molar-refractivity contribution in [2.45, 2.75) is 26.7 Å². The third kappa shape index (κ3) is 2.90. The molecule has 0 fully saturated rings. The summed E-state index contributed by atoms with van der Waals surface area (Å²) in [6.07, 6.45) is 2.44. The number of hydrogen-bond acceptors (Lipinski definition) is 2. The van der Waals surface area contributed by atoms with E-state index in [1.54, 1.807) is 12.3 Å². The molecule has 1 aromatic heterocycles. The van der Waals surface area contributed by atoms with Gasteiger partial charge in [0.05, 0.1) is 12.6 Å². The lowest BCUT2D eigenvalue weighted by Gasteiger charge is -2.30. The smallest absolute Gasteiger partial charge is 0.207 e. The molecule has 1 amide bonds. The molecular formula is C16H20ClFN2O2. The van der Waals surface area contributed by atoms with Gasteiger partial charge in [0.15, 0.2) is 5.82 Å². The van der Waals surface area contributed by atoms with Crippen LogP contribution in [0.15, 0.2) is 12.3 Å². The molecule has 4 nitrogen and oxygen atoms in total. The molecule has 0 radical (unpaired) electrons. The van der Waals surface area contributed by atoms with Gasteiger partial charge < -0.3 is 15.0 Å². The van der Waals surface area contributed by atoms with Gasteiger partial charge in [0.1, 0.15) is 10.8 Å². The Morgan fingerprint density at radius 1 is 1.50 bits per heavy atom. The van der Waals surface area contributed by atoms with E-state index in [4.69, 9.17) is 16.3 Å². The normalized spacial score (nSPS) is 13.2. The zero-order valence-corrected chi connectivity index (χ0v) is 13.8. The predicted octanol–water partition coefficient (Wildman–Crippen LogP) is 3.84. The monoisotopic (exact) mass is 326 g/mol. The fraction of sp³-hybridized carbons (Fsp3) is 0.438. The zero-order valence-electron chi connectivity index (χ0n) is 13.1. The van der Waals surface area contributed by atoms with Gasteiger partial charge in [-0.2, -0.15) is 0 Å². The van der Waals surface area contributed by atoms with Crippen LogP contribution in [0.5, 0.6) is 5.75 Å². The molecule has 1 unspecified atom stereocenters. The summed E-state index contributed by atoms with van der Waals surface area (Å²) in [4.78, 5) is 13.6. The van der Waals surface area contributed by atoms with Gasteiger partial charge in [-0.15, -0.1) is 0 Å². The first-order chi connectivity index (χ1) is 10.3. The molecule has 22 heavy (non-hydrogen) atoms. The first-order valence-electron chi connectivity index (χ1n) is 7.01. The van der Waals surface area contributed by atoms with Crippen LogP contribution in [0.2, 0.25) is 5.02 Å². The second-order valence-electron chi connectivity index (χ2n) is 6.32. The van der Waals surface area contributed by atoms with Crippen molar-refractivity contribution >= 4 is 28.9 Å². The number of nitrogens with one attached hydrogen (secondary N) is 2. The lowest BCUT2D eigenvalue weighted by Crippen LogP contribution is -2.29. The lowest BCUT2D eigenvalue weighted by molar-refractivity contribution is -0.109. The van der Waals surface area contributed by atoms with Crippen molar-refractivity contribution in [1.29, 1.82) is 0 Å². The topological polar surface area (TPSA) is 54.1 Å². The van der Waals surface area contributed by atoms with Crippen LogP contribution in [-0.4, -0.2) is 25.0 Å². The van der Waals surface area contributed by atoms with E-state index in [2.05, 4.69) is 31.1 Å². The number of halogens is 2. The maximum absolute atomic E-state index is 14.4. The Balaban J connectivity index is 2.63. The molecule has 0 spiro atoms. The van der Waals surface area contributed by atoms with Crippen LogP contribution in [0.25, 0.3) is 10.9 Å². The van der Waals surface area contributed by atoms with Crippen molar-refractivity contribution in [1.82, 2.24) is 10.3 Å². The van der Waals surface area contributed by atoms with Crippen LogP contribution in [-0.2, 0) is 4.79 Å². The highest BCUT2D eigenvalue weighted by Crippen LogP contribution is 2.41. The molecule has 120 valence electrons. The van der Waals surface area contributed by atoms with E-state index in [0.29, 0.717) is 29.6 Å². The van der Waals surface area contributed by atoms with Crippen LogP contribution in [0.1, 0.15) is 32.3 Å². The number of rotatable bonds is 5. The summed E-state index contributed by atoms with van der Waals surface area (Å²) in [5.41, 5.74) is 1.15. The molecule has 0 aliphatic heterocycles. The van der Waals surface area contributed by atoms with E-state index in [9.17, 15) is 9.18 Å². The van der Waals surface area contributed by atoms with Crippen molar-refractivity contribution in [3.05, 3.63) is 28.7 Å². The number of hydrogen-bond donors (Lipinski definition) is 2. The molecule has 0 aliphatic rings. The van der Waals surface area contributed by atoms with Gasteiger partial charge in [0.25, 0.3) is 0 Å². The maximum atomic E-state index is 14.4. The minimum absolute atomic E-state index is 0.0109. The first kappa shape index (κ1) is 16.6. The predicted molar refractivity (Wildman–Crippen MR) is 86.1 cm³/mol. The highest BCUT2D eigenvalue weighted by Gasteiger charge is 2.29. The minimum atomic E-state index is -0.529. The lowest BCUT2D eigenvalue weighted by atomic mass is 9.76. The van der Waals surface area contributed by atoms with E-state index in [0.717, 1.165) is 5.56 Å². The number of amides is 1. The van der Waals surface area contributed by atoms with Gasteiger partial charge in [0.2, 0.25) is 6.41 Å². The number of benzene rings is 1. The fourth-order valence-corrected chi connectivity index (χ4v) is 2.91. The van der Waals surface area contributed by atoms with Crippen molar-refractivity contribution in [2.24, 2.45) is 5.41 Å². The van der Waals surface area contributed by atoms with Gasteiger partial charge in [0, 0.05) is 24.0 Å². The number of carbonyl (C=O) groups is 1. The second kappa shape index (κ2) is 6.16. The number of aromatic nitrogens is 1. The van der Waals surface area contributed by atoms with Crippen LogP contribution < -0.4 is 10.1 Å². The molecular weight excluding hydrogens is 307 g/mol. The molecule has 6 heteroatoms. The summed E-state index contributed by atoms with van der Waals surface area (Å²) in [5, 5.41) is 3.39. The molecule has 2 N–H and O–H groups in total. The highest BCUT2D eigenvalue weighted by molar-refractivity contribution is 6.33. The molecule has 0 saturated carbocycles. The minimum Gasteiger partial charge on any atom is -0.495 e. The number of aromatic amines is 1. The van der Waals surface area contributed by atoms with Crippen molar-refractivity contribution in [2.75, 3.05) is 13.7 Å². The standard InChI is InChI=1S/C16H20ClFN2O2/c1-16(2,3)11(7-19-8-21)10-6-20-15-9(10)5-12(22-4)13(17)14(15)18/h5-6,8,11,20H,7H2,1-4H3,(H,19,21). The van der Waals surface area contributed by atoms with E-state index >= 15 is 0 Å². The molecule has 2 rings (SSSR count). The molecule has 2 aromatic rings. The molecule has 0 bridgehead atoms. The Morgan fingerprint density at radius 3 is 2.73 bits per heavy atom. The summed E-state index contributed by atoms with van der Waals surface area (Å²) in [6, 6.07) is 1.73. The van der Waals surface area contributed by atoms with Crippen molar-refractivity contribution in [3.8, 4) is 5.75 Å². The summed E-state index contributed by atoms with van der Waals surface area (Å²) in [5.74, 6) is -0.224. The van der Waals surface area contributed by atoms with Crippen LogP contribution in [0.3, 0.4) is 0 Å². The largest absolute Gasteiger partial charge is 0.495 e. The van der Waals surface area contributed by atoms with Gasteiger partial charge in [-0.3, -0.25) is 4.79 Å². The summed E-state index contributed by atoms with van der Waals surface area (Å²) >= 11 is 5.96. The molecule has 0 saturated heterocycles. The number of ether oxygens (including phenoxy) is 1. The fourth-order valence-electron chi connectivity index (χ4n) is 2.68.